The van der Waals surface area contributed by atoms with Gasteiger partial charge in [0.1, 0.15) is 23.0 Å². The van der Waals surface area contributed by atoms with Gasteiger partial charge in [-0.1, -0.05) is 0 Å². The molecule has 0 saturated carbocycles. The zero-order valence-corrected chi connectivity index (χ0v) is 13.9. The molecule has 2 aromatic rings. The van der Waals surface area contributed by atoms with E-state index in [9.17, 15) is 8.42 Å². The van der Waals surface area contributed by atoms with Crippen LogP contribution in [0.15, 0.2) is 15.4 Å². The van der Waals surface area contributed by atoms with Crippen LogP contribution in [0.5, 0.6) is 0 Å². The highest BCUT2D eigenvalue weighted by molar-refractivity contribution is 7.89. The van der Waals surface area contributed by atoms with Gasteiger partial charge >= 0.3 is 0 Å². The fourth-order valence-electron chi connectivity index (χ4n) is 2.17. The summed E-state index contributed by atoms with van der Waals surface area (Å²) in [6.45, 7) is 6.74. The summed E-state index contributed by atoms with van der Waals surface area (Å²) in [6.07, 6.45) is 0. The highest BCUT2D eigenvalue weighted by atomic mass is 32.2. The summed E-state index contributed by atoms with van der Waals surface area (Å²) >= 11 is 1.47. The Kier molecular flexibility index (Phi) is 4.52. The minimum Gasteiger partial charge on any atom is -0.462 e. The van der Waals surface area contributed by atoms with Crippen LogP contribution in [0, 0.1) is 20.8 Å². The molecule has 116 valence electrons. The normalized spacial score (nSPS) is 13.6. The fourth-order valence-corrected chi connectivity index (χ4v) is 4.59. The number of sulfonamides is 1. The van der Waals surface area contributed by atoms with Gasteiger partial charge in [-0.15, -0.1) is 11.3 Å². The molecule has 6 nitrogen and oxygen atoms in total. The van der Waals surface area contributed by atoms with E-state index in [2.05, 4.69) is 9.71 Å². The Hall–Kier alpha value is -1.22. The maximum absolute atomic E-state index is 12.4. The van der Waals surface area contributed by atoms with E-state index in [1.54, 1.807) is 13.8 Å². The summed E-state index contributed by atoms with van der Waals surface area (Å²) in [5, 5.41) is 9.92. The van der Waals surface area contributed by atoms with Crippen LogP contribution in [0.4, 0.5) is 0 Å². The number of furan rings is 1. The van der Waals surface area contributed by atoms with Crippen molar-refractivity contribution in [3.63, 3.8) is 0 Å². The van der Waals surface area contributed by atoms with E-state index in [0.29, 0.717) is 0 Å². The van der Waals surface area contributed by atoms with Crippen LogP contribution in [0.2, 0.25) is 0 Å². The smallest absolute Gasteiger partial charge is 0.244 e. The number of aliphatic hydroxyl groups excluding tert-OH is 1. The molecule has 0 aliphatic carbocycles. The van der Waals surface area contributed by atoms with Gasteiger partial charge in [0.25, 0.3) is 0 Å². The van der Waals surface area contributed by atoms with Crippen LogP contribution in [0.3, 0.4) is 0 Å². The minimum absolute atomic E-state index is 0.0530. The summed E-state index contributed by atoms with van der Waals surface area (Å²) in [5.74, 6) is 0.487. The second-order valence-electron chi connectivity index (χ2n) is 4.82. The third kappa shape index (κ3) is 3.34. The quantitative estimate of drug-likeness (QED) is 0.876. The second-order valence-corrected chi connectivity index (χ2v) is 7.73. The van der Waals surface area contributed by atoms with Gasteiger partial charge in [0, 0.05) is 10.9 Å². The molecule has 1 unspecified atom stereocenters. The first kappa shape index (κ1) is 16.2. The van der Waals surface area contributed by atoms with Gasteiger partial charge in [-0.3, -0.25) is 0 Å². The standard InChI is InChI=1S/C13H18N2O4S2/c1-7-13(20-10(4)14-7)8(2)15-21(17,18)12-5-11(6-16)19-9(12)3/h5,8,15-16H,6H2,1-4H3. The van der Waals surface area contributed by atoms with E-state index in [0.717, 1.165) is 15.6 Å². The van der Waals surface area contributed by atoms with Crippen molar-refractivity contribution in [2.45, 2.75) is 45.2 Å². The van der Waals surface area contributed by atoms with Crippen LogP contribution in [-0.2, 0) is 16.6 Å². The Morgan fingerprint density at radius 1 is 1.43 bits per heavy atom. The zero-order valence-electron chi connectivity index (χ0n) is 12.3. The number of nitrogens with zero attached hydrogens (tertiary/aromatic N) is 1. The molecule has 2 heterocycles. The van der Waals surface area contributed by atoms with E-state index < -0.39 is 10.0 Å². The molecule has 0 aliphatic rings. The van der Waals surface area contributed by atoms with Gasteiger partial charge in [0.2, 0.25) is 10.0 Å². The van der Waals surface area contributed by atoms with Gasteiger partial charge in [-0.25, -0.2) is 18.1 Å². The van der Waals surface area contributed by atoms with Crippen molar-refractivity contribution >= 4 is 21.4 Å². The predicted molar refractivity (Wildman–Crippen MR) is 79.7 cm³/mol. The topological polar surface area (TPSA) is 92.4 Å². The van der Waals surface area contributed by atoms with Crippen molar-refractivity contribution in [2.75, 3.05) is 0 Å². The van der Waals surface area contributed by atoms with Gasteiger partial charge in [0.15, 0.2) is 0 Å². The fraction of sp³-hybridized carbons (Fsp3) is 0.462. The van der Waals surface area contributed by atoms with Gasteiger partial charge in [0.05, 0.1) is 16.7 Å². The third-order valence-electron chi connectivity index (χ3n) is 3.03. The molecule has 0 bridgehead atoms. The minimum atomic E-state index is -3.71. The molecule has 0 aliphatic heterocycles. The highest BCUT2D eigenvalue weighted by Gasteiger charge is 2.25. The summed E-state index contributed by atoms with van der Waals surface area (Å²) in [4.78, 5) is 5.24. The lowest BCUT2D eigenvalue weighted by atomic mass is 10.2. The summed E-state index contributed by atoms with van der Waals surface area (Å²) < 4.78 is 32.6. The number of rotatable bonds is 5. The molecular formula is C13H18N2O4S2. The maximum Gasteiger partial charge on any atom is 0.244 e. The Balaban J connectivity index is 2.28. The van der Waals surface area contributed by atoms with Crippen LogP contribution >= 0.6 is 11.3 Å². The number of hydrogen-bond donors (Lipinski definition) is 2. The Labute approximate surface area is 127 Å². The van der Waals surface area contributed by atoms with Gasteiger partial charge in [-0.2, -0.15) is 0 Å². The lowest BCUT2D eigenvalue weighted by molar-refractivity contribution is 0.244. The van der Waals surface area contributed by atoms with Gasteiger partial charge in [-0.05, 0) is 27.7 Å². The first-order chi connectivity index (χ1) is 9.74. The Bertz CT molecular complexity index is 746. The number of thiazole rings is 1. The van der Waals surface area contributed by atoms with Crippen molar-refractivity contribution in [1.29, 1.82) is 0 Å². The van der Waals surface area contributed by atoms with Crippen LogP contribution in [0.1, 0.15) is 40.1 Å². The molecule has 0 radical (unpaired) electrons. The average molecular weight is 330 g/mol. The van der Waals surface area contributed by atoms with Crippen molar-refractivity contribution in [1.82, 2.24) is 9.71 Å². The van der Waals surface area contributed by atoms with E-state index in [4.69, 9.17) is 9.52 Å². The highest BCUT2D eigenvalue weighted by Crippen LogP contribution is 2.27. The summed E-state index contributed by atoms with van der Waals surface area (Å²) in [6, 6.07) is 0.961. The van der Waals surface area contributed by atoms with Crippen LogP contribution < -0.4 is 4.72 Å². The third-order valence-corrected chi connectivity index (χ3v) is 5.94. The number of aliphatic hydroxyl groups is 1. The zero-order chi connectivity index (χ0) is 15.8. The lowest BCUT2D eigenvalue weighted by Gasteiger charge is -2.12. The van der Waals surface area contributed by atoms with E-state index in [1.165, 1.54) is 17.4 Å². The molecule has 0 amide bonds. The first-order valence-corrected chi connectivity index (χ1v) is 8.71. The SMILES string of the molecule is Cc1nc(C)c(C(C)NS(=O)(=O)c2cc(CO)oc2C)s1. The van der Waals surface area contributed by atoms with Crippen molar-refractivity contribution in [2.24, 2.45) is 0 Å². The molecule has 2 rings (SSSR count). The number of nitrogens with one attached hydrogen (secondary N) is 1. The van der Waals surface area contributed by atoms with E-state index in [-0.39, 0.29) is 29.1 Å². The molecule has 0 saturated heterocycles. The van der Waals surface area contributed by atoms with Crippen molar-refractivity contribution in [3.8, 4) is 0 Å². The molecule has 2 aromatic heterocycles. The van der Waals surface area contributed by atoms with Gasteiger partial charge < -0.3 is 9.52 Å². The second kappa shape index (κ2) is 5.88. The molecular weight excluding hydrogens is 312 g/mol. The van der Waals surface area contributed by atoms with Crippen molar-refractivity contribution in [3.05, 3.63) is 33.2 Å². The molecule has 0 fully saturated rings. The molecule has 2 N–H and O–H groups in total. The molecule has 21 heavy (non-hydrogen) atoms. The lowest BCUT2D eigenvalue weighted by Crippen LogP contribution is -2.27. The van der Waals surface area contributed by atoms with Crippen LogP contribution in [0.25, 0.3) is 0 Å². The Morgan fingerprint density at radius 2 is 2.10 bits per heavy atom. The summed E-state index contributed by atoms with van der Waals surface area (Å²) in [7, 11) is -3.71. The Morgan fingerprint density at radius 3 is 2.57 bits per heavy atom. The number of aryl methyl sites for hydroxylation is 3. The molecule has 0 spiro atoms. The number of hydrogen-bond acceptors (Lipinski definition) is 6. The van der Waals surface area contributed by atoms with Crippen LogP contribution in [-0.4, -0.2) is 18.5 Å². The van der Waals surface area contributed by atoms with E-state index in [1.807, 2.05) is 13.8 Å². The average Bonchev–Trinajstić information content (AvgIpc) is 2.91. The number of aromatic nitrogens is 1. The predicted octanol–water partition coefficient (Wildman–Crippen LogP) is 2.19. The largest absolute Gasteiger partial charge is 0.462 e. The maximum atomic E-state index is 12.4. The van der Waals surface area contributed by atoms with E-state index >= 15 is 0 Å². The molecule has 8 heteroatoms. The monoisotopic (exact) mass is 330 g/mol. The summed E-state index contributed by atoms with van der Waals surface area (Å²) in [5.41, 5.74) is 0.827. The molecule has 0 aromatic carbocycles. The molecule has 1 atom stereocenters. The first-order valence-electron chi connectivity index (χ1n) is 6.41. The van der Waals surface area contributed by atoms with Crippen molar-refractivity contribution < 1.29 is 17.9 Å².